The first-order chi connectivity index (χ1) is 9.90. The van der Waals surface area contributed by atoms with E-state index in [0.717, 1.165) is 5.75 Å². The van der Waals surface area contributed by atoms with Crippen LogP contribution in [0, 0.1) is 0 Å². The number of ether oxygens (including phenoxy) is 1. The molecule has 0 aliphatic carbocycles. The molecular formula is C18H23NO2. The Kier molecular flexibility index (Phi) is 4.63. The van der Waals surface area contributed by atoms with Gasteiger partial charge in [0.1, 0.15) is 11.5 Å². The molecule has 0 bridgehead atoms. The van der Waals surface area contributed by atoms with Gasteiger partial charge in [0.2, 0.25) is 0 Å². The highest BCUT2D eigenvalue weighted by Gasteiger charge is 2.13. The summed E-state index contributed by atoms with van der Waals surface area (Å²) < 4.78 is 5.77. The minimum Gasteiger partial charge on any atom is -0.456 e. The van der Waals surface area contributed by atoms with Crippen LogP contribution in [-0.4, -0.2) is 10.1 Å². The van der Waals surface area contributed by atoms with Crippen molar-refractivity contribution in [1.29, 1.82) is 0 Å². The summed E-state index contributed by atoms with van der Waals surface area (Å²) in [6, 6.07) is 11.7. The molecule has 0 aliphatic heterocycles. The molecule has 21 heavy (non-hydrogen) atoms. The van der Waals surface area contributed by atoms with E-state index in [0.29, 0.717) is 17.9 Å². The predicted molar refractivity (Wildman–Crippen MR) is 84.7 cm³/mol. The Balaban J connectivity index is 2.08. The molecule has 1 aromatic heterocycles. The van der Waals surface area contributed by atoms with Gasteiger partial charge in [0.15, 0.2) is 0 Å². The molecule has 2 aromatic rings. The van der Waals surface area contributed by atoms with Gasteiger partial charge in [-0.05, 0) is 41.7 Å². The van der Waals surface area contributed by atoms with E-state index in [-0.39, 0.29) is 5.41 Å². The van der Waals surface area contributed by atoms with Gasteiger partial charge in [-0.3, -0.25) is 4.98 Å². The van der Waals surface area contributed by atoms with Gasteiger partial charge in [0, 0.05) is 0 Å². The fourth-order valence-electron chi connectivity index (χ4n) is 2.02. The third-order valence-corrected chi connectivity index (χ3v) is 3.44. The van der Waals surface area contributed by atoms with Gasteiger partial charge in [0.25, 0.3) is 0 Å². The summed E-state index contributed by atoms with van der Waals surface area (Å²) in [4.78, 5) is 4.23. The van der Waals surface area contributed by atoms with Crippen molar-refractivity contribution in [2.24, 2.45) is 0 Å². The van der Waals surface area contributed by atoms with E-state index < -0.39 is 6.10 Å². The number of pyridine rings is 1. The summed E-state index contributed by atoms with van der Waals surface area (Å²) in [5.41, 5.74) is 2.08. The number of aromatic nitrogens is 1. The third kappa shape index (κ3) is 4.05. The molecule has 3 nitrogen and oxygen atoms in total. The van der Waals surface area contributed by atoms with Crippen molar-refractivity contribution >= 4 is 0 Å². The van der Waals surface area contributed by atoms with E-state index in [4.69, 9.17) is 4.74 Å². The molecule has 3 heteroatoms. The van der Waals surface area contributed by atoms with Gasteiger partial charge >= 0.3 is 0 Å². The van der Waals surface area contributed by atoms with Crippen molar-refractivity contribution in [3.63, 3.8) is 0 Å². The molecule has 112 valence electrons. The van der Waals surface area contributed by atoms with E-state index >= 15 is 0 Å². The van der Waals surface area contributed by atoms with Crippen LogP contribution in [0.4, 0.5) is 0 Å². The fraction of sp³-hybridized carbons (Fsp3) is 0.389. The third-order valence-electron chi connectivity index (χ3n) is 3.44. The quantitative estimate of drug-likeness (QED) is 0.891. The molecule has 0 saturated carbocycles. The molecular weight excluding hydrogens is 262 g/mol. The van der Waals surface area contributed by atoms with Gasteiger partial charge in [0.05, 0.1) is 18.0 Å². The summed E-state index contributed by atoms with van der Waals surface area (Å²) in [6.07, 6.45) is 1.79. The van der Waals surface area contributed by atoms with E-state index in [1.54, 1.807) is 12.3 Å². The lowest BCUT2D eigenvalue weighted by Gasteiger charge is -2.19. The number of hydrogen-bond donors (Lipinski definition) is 1. The summed E-state index contributed by atoms with van der Waals surface area (Å²) in [5, 5.41) is 9.71. The Morgan fingerprint density at radius 2 is 1.67 bits per heavy atom. The Bertz CT molecular complexity index is 568. The molecule has 0 saturated heterocycles. The van der Waals surface area contributed by atoms with Gasteiger partial charge < -0.3 is 9.84 Å². The molecule has 1 N–H and O–H groups in total. The average molecular weight is 285 g/mol. The van der Waals surface area contributed by atoms with Crippen LogP contribution in [0.1, 0.15) is 51.5 Å². The Morgan fingerprint density at radius 3 is 2.14 bits per heavy atom. The van der Waals surface area contributed by atoms with Crippen LogP contribution < -0.4 is 4.74 Å². The summed E-state index contributed by atoms with van der Waals surface area (Å²) in [7, 11) is 0. The van der Waals surface area contributed by atoms with Crippen molar-refractivity contribution in [2.75, 3.05) is 0 Å². The lowest BCUT2D eigenvalue weighted by atomic mass is 9.87. The van der Waals surface area contributed by atoms with Crippen molar-refractivity contribution in [1.82, 2.24) is 4.98 Å². The van der Waals surface area contributed by atoms with Crippen LogP contribution in [0.25, 0.3) is 0 Å². The topological polar surface area (TPSA) is 42.4 Å². The second kappa shape index (κ2) is 6.27. The van der Waals surface area contributed by atoms with Crippen LogP contribution >= 0.6 is 0 Å². The first-order valence-electron chi connectivity index (χ1n) is 7.32. The van der Waals surface area contributed by atoms with Crippen LogP contribution in [0.5, 0.6) is 11.5 Å². The molecule has 0 amide bonds. The maximum atomic E-state index is 9.71. The maximum Gasteiger partial charge on any atom is 0.145 e. The van der Waals surface area contributed by atoms with E-state index in [9.17, 15) is 5.11 Å². The van der Waals surface area contributed by atoms with Crippen molar-refractivity contribution in [3.8, 4) is 11.5 Å². The number of rotatable bonds is 4. The maximum absolute atomic E-state index is 9.71. The molecule has 1 aromatic carbocycles. The van der Waals surface area contributed by atoms with E-state index in [2.05, 4.69) is 37.9 Å². The molecule has 2 rings (SSSR count). The molecule has 1 atom stereocenters. The van der Waals surface area contributed by atoms with Crippen molar-refractivity contribution < 1.29 is 9.84 Å². The average Bonchev–Trinajstić information content (AvgIpc) is 2.47. The van der Waals surface area contributed by atoms with Crippen molar-refractivity contribution in [3.05, 3.63) is 53.9 Å². The number of aliphatic hydroxyl groups is 1. The zero-order valence-corrected chi connectivity index (χ0v) is 13.1. The van der Waals surface area contributed by atoms with Crippen LogP contribution in [0.2, 0.25) is 0 Å². The Morgan fingerprint density at radius 1 is 1.05 bits per heavy atom. The molecule has 1 unspecified atom stereocenters. The minimum absolute atomic E-state index is 0.137. The minimum atomic E-state index is -0.509. The monoisotopic (exact) mass is 285 g/mol. The number of benzene rings is 1. The summed E-state index contributed by atoms with van der Waals surface area (Å²) in [6.45, 7) is 8.48. The van der Waals surface area contributed by atoms with Gasteiger partial charge in [-0.25, -0.2) is 0 Å². The SMILES string of the molecule is CCC(O)c1ccc(Oc2ccc(C(C)(C)C)cc2)cn1. The van der Waals surface area contributed by atoms with E-state index in [1.807, 2.05) is 25.1 Å². The smallest absolute Gasteiger partial charge is 0.145 e. The zero-order valence-electron chi connectivity index (χ0n) is 13.1. The zero-order chi connectivity index (χ0) is 15.5. The second-order valence-corrected chi connectivity index (χ2v) is 6.22. The molecule has 0 spiro atoms. The van der Waals surface area contributed by atoms with Crippen LogP contribution in [0.3, 0.4) is 0 Å². The highest BCUT2D eigenvalue weighted by Crippen LogP contribution is 2.27. The molecule has 0 aliphatic rings. The van der Waals surface area contributed by atoms with Gasteiger partial charge in [-0.1, -0.05) is 39.8 Å². The standard InChI is InChI=1S/C18H23NO2/c1-5-17(20)16-11-10-15(12-19-16)21-14-8-6-13(7-9-14)18(2,3)4/h6-12,17,20H,5H2,1-4H3. The fourth-order valence-corrected chi connectivity index (χ4v) is 2.02. The van der Waals surface area contributed by atoms with Crippen LogP contribution in [-0.2, 0) is 5.41 Å². The largest absolute Gasteiger partial charge is 0.456 e. The van der Waals surface area contributed by atoms with Gasteiger partial charge in [-0.15, -0.1) is 0 Å². The summed E-state index contributed by atoms with van der Waals surface area (Å²) in [5.74, 6) is 1.46. The Labute approximate surface area is 126 Å². The normalized spacial score (nSPS) is 13.0. The second-order valence-electron chi connectivity index (χ2n) is 6.22. The summed E-state index contributed by atoms with van der Waals surface area (Å²) >= 11 is 0. The number of hydrogen-bond acceptors (Lipinski definition) is 3. The number of aliphatic hydroxyl groups excluding tert-OH is 1. The highest BCUT2D eigenvalue weighted by atomic mass is 16.5. The van der Waals surface area contributed by atoms with Crippen molar-refractivity contribution in [2.45, 2.75) is 45.6 Å². The first-order valence-corrected chi connectivity index (χ1v) is 7.32. The highest BCUT2D eigenvalue weighted by molar-refractivity contribution is 5.34. The lowest BCUT2D eigenvalue weighted by Crippen LogP contribution is -2.10. The van der Waals surface area contributed by atoms with Gasteiger partial charge in [-0.2, -0.15) is 0 Å². The predicted octanol–water partition coefficient (Wildman–Crippen LogP) is 4.61. The lowest BCUT2D eigenvalue weighted by molar-refractivity contribution is 0.169. The molecule has 0 radical (unpaired) electrons. The first kappa shape index (κ1) is 15.5. The van der Waals surface area contributed by atoms with Crippen LogP contribution in [0.15, 0.2) is 42.6 Å². The Hall–Kier alpha value is -1.87. The molecule has 0 fully saturated rings. The van der Waals surface area contributed by atoms with E-state index in [1.165, 1.54) is 5.56 Å². The molecule has 1 heterocycles. The number of nitrogens with zero attached hydrogens (tertiary/aromatic N) is 1.